The summed E-state index contributed by atoms with van der Waals surface area (Å²) in [7, 11) is 3.14. The summed E-state index contributed by atoms with van der Waals surface area (Å²) in [6.45, 7) is 4.06. The van der Waals surface area contributed by atoms with E-state index in [1.165, 1.54) is 11.6 Å². The van der Waals surface area contributed by atoms with E-state index in [1.54, 1.807) is 32.4 Å². The highest BCUT2D eigenvalue weighted by Crippen LogP contribution is 2.27. The molecule has 5 nitrogen and oxygen atoms in total. The average Bonchev–Trinajstić information content (AvgIpc) is 2.62. The number of carbonyl (C=O) groups excluding carboxylic acids is 1. The highest BCUT2D eigenvalue weighted by Gasteiger charge is 2.05. The lowest BCUT2D eigenvalue weighted by molar-refractivity contribution is -0.115. The number of hydrogen-bond acceptors (Lipinski definition) is 4. The first-order valence-electron chi connectivity index (χ1n) is 8.02. The maximum atomic E-state index is 12.0. The molecule has 0 aliphatic rings. The van der Waals surface area contributed by atoms with E-state index in [-0.39, 0.29) is 11.0 Å². The first kappa shape index (κ1) is 19.5. The lowest BCUT2D eigenvalue weighted by Gasteiger charge is -2.10. The molecule has 0 saturated carbocycles. The minimum absolute atomic E-state index is 0.246. The molecule has 0 bridgehead atoms. The van der Waals surface area contributed by atoms with Crippen molar-refractivity contribution in [2.24, 2.45) is 0 Å². The van der Waals surface area contributed by atoms with E-state index in [2.05, 4.69) is 10.6 Å². The lowest BCUT2D eigenvalue weighted by Crippen LogP contribution is -2.32. The molecule has 0 aromatic heterocycles. The third kappa shape index (κ3) is 5.32. The summed E-state index contributed by atoms with van der Waals surface area (Å²) in [5.41, 5.74) is 3.99. The maximum Gasteiger partial charge on any atom is 0.250 e. The molecule has 0 heterocycles. The van der Waals surface area contributed by atoms with Gasteiger partial charge in [0, 0.05) is 11.8 Å². The molecule has 2 N–H and O–H groups in total. The van der Waals surface area contributed by atoms with Crippen LogP contribution in [0.1, 0.15) is 16.7 Å². The number of ether oxygens (including phenoxy) is 2. The van der Waals surface area contributed by atoms with Crippen LogP contribution in [-0.2, 0) is 4.79 Å². The third-order valence-corrected chi connectivity index (χ3v) is 4.04. The summed E-state index contributed by atoms with van der Waals surface area (Å²) in [5, 5.41) is 5.87. The molecule has 0 unspecified atom stereocenters. The SMILES string of the molecule is COc1ccc(C=CC(=O)NC(=S)Nc2ccc(C)c(C)c2)cc1OC. The van der Waals surface area contributed by atoms with Crippen molar-refractivity contribution in [2.45, 2.75) is 13.8 Å². The van der Waals surface area contributed by atoms with Gasteiger partial charge in [0.05, 0.1) is 14.2 Å². The third-order valence-electron chi connectivity index (χ3n) is 3.84. The van der Waals surface area contributed by atoms with Crippen molar-refractivity contribution in [3.05, 3.63) is 59.2 Å². The van der Waals surface area contributed by atoms with Crippen LogP contribution in [0.15, 0.2) is 42.5 Å². The summed E-state index contributed by atoms with van der Waals surface area (Å²) in [4.78, 5) is 12.0. The quantitative estimate of drug-likeness (QED) is 0.618. The van der Waals surface area contributed by atoms with E-state index in [0.717, 1.165) is 16.8 Å². The Hall–Kier alpha value is -2.86. The van der Waals surface area contributed by atoms with Gasteiger partial charge in [-0.1, -0.05) is 12.1 Å². The Morgan fingerprint density at radius 3 is 2.38 bits per heavy atom. The standard InChI is InChI=1S/C20H22N2O3S/c1-13-5-8-16(11-14(13)2)21-20(26)22-19(23)10-7-15-6-9-17(24-3)18(12-15)25-4/h5-12H,1-4H3,(H2,21,22,23,26). The monoisotopic (exact) mass is 370 g/mol. The van der Waals surface area contributed by atoms with Gasteiger partial charge in [0.25, 0.3) is 0 Å². The Labute approximate surface area is 159 Å². The van der Waals surface area contributed by atoms with Crippen molar-refractivity contribution in [3.63, 3.8) is 0 Å². The number of carbonyl (C=O) groups is 1. The Morgan fingerprint density at radius 2 is 1.73 bits per heavy atom. The van der Waals surface area contributed by atoms with E-state index in [0.29, 0.717) is 11.5 Å². The van der Waals surface area contributed by atoms with Crippen LogP contribution in [0.5, 0.6) is 11.5 Å². The number of nitrogens with one attached hydrogen (secondary N) is 2. The summed E-state index contributed by atoms with van der Waals surface area (Å²) in [5.74, 6) is 0.913. The van der Waals surface area contributed by atoms with Gasteiger partial charge in [-0.05, 0) is 73.1 Å². The molecule has 0 fully saturated rings. The van der Waals surface area contributed by atoms with Gasteiger partial charge in [-0.3, -0.25) is 10.1 Å². The van der Waals surface area contributed by atoms with E-state index in [4.69, 9.17) is 21.7 Å². The van der Waals surface area contributed by atoms with Crippen molar-refractivity contribution < 1.29 is 14.3 Å². The fraction of sp³-hybridized carbons (Fsp3) is 0.200. The second-order valence-corrected chi connectivity index (χ2v) is 6.10. The number of hydrogen-bond donors (Lipinski definition) is 2. The van der Waals surface area contributed by atoms with Crippen LogP contribution in [0.25, 0.3) is 6.08 Å². The summed E-state index contributed by atoms with van der Waals surface area (Å²) < 4.78 is 10.4. The number of aryl methyl sites for hydroxylation is 2. The number of methoxy groups -OCH3 is 2. The molecule has 6 heteroatoms. The molecule has 2 rings (SSSR count). The molecule has 2 aromatic carbocycles. The second kappa shape index (κ2) is 9.01. The van der Waals surface area contributed by atoms with Crippen LogP contribution in [0, 0.1) is 13.8 Å². The van der Waals surface area contributed by atoms with Crippen LogP contribution in [0.3, 0.4) is 0 Å². The average molecular weight is 370 g/mol. The van der Waals surface area contributed by atoms with E-state index < -0.39 is 0 Å². The van der Waals surface area contributed by atoms with Crippen molar-refractivity contribution in [1.29, 1.82) is 0 Å². The normalized spacial score (nSPS) is 10.5. The molecule has 26 heavy (non-hydrogen) atoms. The van der Waals surface area contributed by atoms with E-state index in [1.807, 2.05) is 38.1 Å². The van der Waals surface area contributed by atoms with Crippen molar-refractivity contribution in [2.75, 3.05) is 19.5 Å². The molecule has 0 spiro atoms. The second-order valence-electron chi connectivity index (χ2n) is 5.69. The minimum Gasteiger partial charge on any atom is -0.493 e. The van der Waals surface area contributed by atoms with Gasteiger partial charge in [-0.2, -0.15) is 0 Å². The minimum atomic E-state index is -0.318. The predicted molar refractivity (Wildman–Crippen MR) is 109 cm³/mol. The molecule has 0 radical (unpaired) electrons. The number of thiocarbonyl (C=S) groups is 1. The van der Waals surface area contributed by atoms with Crippen molar-refractivity contribution in [3.8, 4) is 11.5 Å². The molecule has 2 aromatic rings. The Morgan fingerprint density at radius 1 is 1.00 bits per heavy atom. The number of anilines is 1. The zero-order valence-corrected chi connectivity index (χ0v) is 16.1. The first-order chi connectivity index (χ1) is 12.4. The van der Waals surface area contributed by atoms with Crippen LogP contribution in [0.2, 0.25) is 0 Å². The highest BCUT2D eigenvalue weighted by molar-refractivity contribution is 7.80. The molecule has 0 atom stereocenters. The maximum absolute atomic E-state index is 12.0. The first-order valence-corrected chi connectivity index (χ1v) is 8.43. The molecule has 136 valence electrons. The van der Waals surface area contributed by atoms with Gasteiger partial charge in [-0.25, -0.2) is 0 Å². The molecule has 0 saturated heterocycles. The number of benzene rings is 2. The lowest BCUT2D eigenvalue weighted by atomic mass is 10.1. The van der Waals surface area contributed by atoms with E-state index in [9.17, 15) is 4.79 Å². The largest absolute Gasteiger partial charge is 0.493 e. The van der Waals surface area contributed by atoms with Gasteiger partial charge in [-0.15, -0.1) is 0 Å². The van der Waals surface area contributed by atoms with Gasteiger partial charge in [0.1, 0.15) is 0 Å². The number of amides is 1. The molecular formula is C20H22N2O3S. The van der Waals surface area contributed by atoms with E-state index >= 15 is 0 Å². The van der Waals surface area contributed by atoms with Crippen LogP contribution in [-0.4, -0.2) is 25.2 Å². The highest BCUT2D eigenvalue weighted by atomic mass is 32.1. The van der Waals surface area contributed by atoms with Crippen molar-refractivity contribution in [1.82, 2.24) is 5.32 Å². The number of rotatable bonds is 5. The van der Waals surface area contributed by atoms with Gasteiger partial charge in [0.2, 0.25) is 5.91 Å². The van der Waals surface area contributed by atoms with Crippen molar-refractivity contribution >= 4 is 35.0 Å². The summed E-state index contributed by atoms with van der Waals surface area (Å²) >= 11 is 5.18. The molecule has 0 aliphatic carbocycles. The van der Waals surface area contributed by atoms with Gasteiger partial charge < -0.3 is 14.8 Å². The zero-order chi connectivity index (χ0) is 19.1. The molecular weight excluding hydrogens is 348 g/mol. The van der Waals surface area contributed by atoms with Crippen LogP contribution >= 0.6 is 12.2 Å². The van der Waals surface area contributed by atoms with Gasteiger partial charge in [0.15, 0.2) is 16.6 Å². The fourth-order valence-electron chi connectivity index (χ4n) is 2.26. The zero-order valence-electron chi connectivity index (χ0n) is 15.3. The topological polar surface area (TPSA) is 59.6 Å². The fourth-order valence-corrected chi connectivity index (χ4v) is 2.48. The Balaban J connectivity index is 1.96. The summed E-state index contributed by atoms with van der Waals surface area (Å²) in [6.07, 6.45) is 3.09. The summed E-state index contributed by atoms with van der Waals surface area (Å²) in [6, 6.07) is 11.3. The van der Waals surface area contributed by atoms with Crippen LogP contribution in [0.4, 0.5) is 5.69 Å². The predicted octanol–water partition coefficient (Wildman–Crippen LogP) is 3.85. The molecule has 0 aliphatic heterocycles. The Kier molecular flexibility index (Phi) is 6.74. The van der Waals surface area contributed by atoms with Crippen LogP contribution < -0.4 is 20.1 Å². The van der Waals surface area contributed by atoms with Gasteiger partial charge >= 0.3 is 0 Å². The Bertz CT molecular complexity index is 847. The molecule has 1 amide bonds. The smallest absolute Gasteiger partial charge is 0.250 e.